The topological polar surface area (TPSA) is 67.0 Å². The van der Waals surface area contributed by atoms with Crippen LogP contribution in [0.4, 0.5) is 10.3 Å². The third-order valence-electron chi connectivity index (χ3n) is 3.60. The first-order valence-corrected chi connectivity index (χ1v) is 8.18. The molecule has 0 N–H and O–H groups in total. The van der Waals surface area contributed by atoms with E-state index in [2.05, 4.69) is 15.1 Å². The number of anilines is 1. The molecule has 6 nitrogen and oxygen atoms in total. The molecule has 8 heteroatoms. The number of nitriles is 1. The minimum Gasteiger partial charge on any atom is -0.378 e. The number of halogens is 1. The molecule has 0 atom stereocenters. The summed E-state index contributed by atoms with van der Waals surface area (Å²) in [5, 5.41) is 18.3. The number of hydrogen-bond donors (Lipinski definition) is 0. The first-order valence-electron chi connectivity index (χ1n) is 7.37. The fraction of sp³-hybridized carbons (Fsp3) is 0.400. The van der Waals surface area contributed by atoms with Crippen molar-refractivity contribution in [2.75, 3.05) is 31.2 Å². The van der Waals surface area contributed by atoms with Gasteiger partial charge in [-0.1, -0.05) is 6.07 Å². The van der Waals surface area contributed by atoms with Crippen LogP contribution in [0, 0.1) is 17.1 Å². The highest BCUT2D eigenvalue weighted by Gasteiger charge is 2.21. The molecule has 0 bridgehead atoms. The van der Waals surface area contributed by atoms with Crippen molar-refractivity contribution in [1.82, 2.24) is 14.8 Å². The van der Waals surface area contributed by atoms with Crippen LogP contribution in [0.5, 0.6) is 0 Å². The molecule has 0 aliphatic carbocycles. The summed E-state index contributed by atoms with van der Waals surface area (Å²) in [6.07, 6.45) is 0. The number of aromatic nitrogens is 3. The minimum absolute atomic E-state index is 0.0380. The summed E-state index contributed by atoms with van der Waals surface area (Å²) >= 11 is 1.26. The third kappa shape index (κ3) is 3.16. The molecule has 1 aromatic heterocycles. The Labute approximate surface area is 137 Å². The van der Waals surface area contributed by atoms with Crippen LogP contribution in [0.1, 0.15) is 12.5 Å². The smallest absolute Gasteiger partial charge is 0.228 e. The van der Waals surface area contributed by atoms with Gasteiger partial charge < -0.3 is 9.64 Å². The van der Waals surface area contributed by atoms with Gasteiger partial charge in [0.25, 0.3) is 0 Å². The molecular weight excluding hydrogens is 317 g/mol. The van der Waals surface area contributed by atoms with Crippen molar-refractivity contribution in [3.05, 3.63) is 29.6 Å². The summed E-state index contributed by atoms with van der Waals surface area (Å²) in [7, 11) is 0. The summed E-state index contributed by atoms with van der Waals surface area (Å²) in [6.45, 7) is 5.58. The van der Waals surface area contributed by atoms with Crippen LogP contribution < -0.4 is 4.90 Å². The van der Waals surface area contributed by atoms with Crippen molar-refractivity contribution in [3.63, 3.8) is 0 Å². The first-order chi connectivity index (χ1) is 11.2. The van der Waals surface area contributed by atoms with Crippen LogP contribution in [-0.4, -0.2) is 41.1 Å². The van der Waals surface area contributed by atoms with E-state index in [1.165, 1.54) is 17.8 Å². The van der Waals surface area contributed by atoms with Gasteiger partial charge in [0, 0.05) is 24.5 Å². The van der Waals surface area contributed by atoms with Gasteiger partial charge in [0.15, 0.2) is 5.16 Å². The highest BCUT2D eigenvalue weighted by Crippen LogP contribution is 2.32. The van der Waals surface area contributed by atoms with Gasteiger partial charge in [-0.05, 0) is 30.8 Å². The standard InChI is InChI=1S/C15H16FN5OS/c1-2-21-14(20-6-8-22-9-7-20)18-19-15(21)23-13-5-3-4-12(16)11(13)10-17/h3-5H,2,6-9H2,1H3. The number of rotatable bonds is 4. The monoisotopic (exact) mass is 333 g/mol. The minimum atomic E-state index is -0.520. The highest BCUT2D eigenvalue weighted by molar-refractivity contribution is 7.99. The van der Waals surface area contributed by atoms with E-state index in [-0.39, 0.29) is 5.56 Å². The van der Waals surface area contributed by atoms with Crippen molar-refractivity contribution in [2.24, 2.45) is 0 Å². The Morgan fingerprint density at radius 3 is 2.83 bits per heavy atom. The SMILES string of the molecule is CCn1c(Sc2cccc(F)c2C#N)nnc1N1CCOCC1. The summed E-state index contributed by atoms with van der Waals surface area (Å²) < 4.78 is 21.1. The number of ether oxygens (including phenoxy) is 1. The van der Waals surface area contributed by atoms with Crippen LogP contribution in [0.15, 0.2) is 28.3 Å². The molecule has 2 heterocycles. The molecule has 3 rings (SSSR count). The maximum Gasteiger partial charge on any atom is 0.228 e. The van der Waals surface area contributed by atoms with E-state index in [4.69, 9.17) is 10.00 Å². The largest absolute Gasteiger partial charge is 0.378 e. The lowest BCUT2D eigenvalue weighted by molar-refractivity contribution is 0.121. The zero-order valence-corrected chi connectivity index (χ0v) is 13.5. The molecule has 0 unspecified atom stereocenters. The van der Waals surface area contributed by atoms with E-state index < -0.39 is 5.82 Å². The molecule has 1 aliphatic heterocycles. The Kier molecular flexibility index (Phi) is 4.79. The van der Waals surface area contributed by atoms with E-state index >= 15 is 0 Å². The summed E-state index contributed by atoms with van der Waals surface area (Å²) in [4.78, 5) is 2.67. The molecule has 120 valence electrons. The molecule has 0 radical (unpaired) electrons. The van der Waals surface area contributed by atoms with Gasteiger partial charge in [-0.3, -0.25) is 4.57 Å². The second-order valence-electron chi connectivity index (χ2n) is 4.95. The fourth-order valence-corrected chi connectivity index (χ4v) is 3.42. The van der Waals surface area contributed by atoms with Crippen molar-refractivity contribution in [1.29, 1.82) is 5.26 Å². The third-order valence-corrected chi connectivity index (χ3v) is 4.64. The van der Waals surface area contributed by atoms with Crippen LogP contribution in [0.2, 0.25) is 0 Å². The average molecular weight is 333 g/mol. The predicted octanol–water partition coefficient (Wildman–Crippen LogP) is 2.30. The van der Waals surface area contributed by atoms with Crippen molar-refractivity contribution >= 4 is 17.7 Å². The van der Waals surface area contributed by atoms with E-state index in [0.29, 0.717) is 29.8 Å². The number of hydrogen-bond acceptors (Lipinski definition) is 6. The molecule has 1 aliphatic rings. The van der Waals surface area contributed by atoms with E-state index in [9.17, 15) is 4.39 Å². The van der Waals surface area contributed by atoms with Crippen molar-refractivity contribution in [2.45, 2.75) is 23.5 Å². The van der Waals surface area contributed by atoms with Crippen LogP contribution >= 0.6 is 11.8 Å². The quantitative estimate of drug-likeness (QED) is 0.855. The lowest BCUT2D eigenvalue weighted by atomic mass is 10.2. The molecule has 1 saturated heterocycles. The van der Waals surface area contributed by atoms with E-state index in [1.807, 2.05) is 17.6 Å². The Morgan fingerprint density at radius 2 is 2.13 bits per heavy atom. The maximum absolute atomic E-state index is 13.7. The Morgan fingerprint density at radius 1 is 1.35 bits per heavy atom. The van der Waals surface area contributed by atoms with E-state index in [0.717, 1.165) is 19.0 Å². The summed E-state index contributed by atoms with van der Waals surface area (Å²) in [6, 6.07) is 6.50. The number of benzene rings is 1. The Bertz CT molecular complexity index is 736. The van der Waals surface area contributed by atoms with Gasteiger partial charge in [0.1, 0.15) is 17.4 Å². The molecule has 0 spiro atoms. The lowest BCUT2D eigenvalue weighted by Crippen LogP contribution is -2.38. The number of nitrogens with zero attached hydrogens (tertiary/aromatic N) is 5. The summed E-state index contributed by atoms with van der Waals surface area (Å²) in [5.41, 5.74) is 0.0380. The van der Waals surface area contributed by atoms with Crippen LogP contribution in [0.3, 0.4) is 0 Å². The second kappa shape index (κ2) is 6.98. The van der Waals surface area contributed by atoms with Gasteiger partial charge in [0.2, 0.25) is 5.95 Å². The Balaban J connectivity index is 1.91. The zero-order valence-electron chi connectivity index (χ0n) is 12.7. The molecule has 1 fully saturated rings. The van der Waals surface area contributed by atoms with Crippen molar-refractivity contribution in [3.8, 4) is 6.07 Å². The van der Waals surface area contributed by atoms with Gasteiger partial charge in [-0.25, -0.2) is 4.39 Å². The van der Waals surface area contributed by atoms with Crippen molar-refractivity contribution < 1.29 is 9.13 Å². The molecule has 1 aromatic carbocycles. The van der Waals surface area contributed by atoms with Gasteiger partial charge in [0.05, 0.1) is 13.2 Å². The molecule has 23 heavy (non-hydrogen) atoms. The molecule has 0 saturated carbocycles. The lowest BCUT2D eigenvalue weighted by Gasteiger charge is -2.27. The predicted molar refractivity (Wildman–Crippen MR) is 84.0 cm³/mol. The van der Waals surface area contributed by atoms with Crippen LogP contribution in [0.25, 0.3) is 0 Å². The fourth-order valence-electron chi connectivity index (χ4n) is 2.43. The second-order valence-corrected chi connectivity index (χ2v) is 5.96. The highest BCUT2D eigenvalue weighted by atomic mass is 32.2. The molecule has 2 aromatic rings. The van der Waals surface area contributed by atoms with Gasteiger partial charge >= 0.3 is 0 Å². The zero-order chi connectivity index (χ0) is 16.2. The van der Waals surface area contributed by atoms with Crippen LogP contribution in [-0.2, 0) is 11.3 Å². The first kappa shape index (κ1) is 15.8. The summed E-state index contributed by atoms with van der Waals surface area (Å²) in [5.74, 6) is 0.265. The van der Waals surface area contributed by atoms with Gasteiger partial charge in [-0.2, -0.15) is 5.26 Å². The van der Waals surface area contributed by atoms with Gasteiger partial charge in [-0.15, -0.1) is 10.2 Å². The maximum atomic E-state index is 13.7. The Hall–Kier alpha value is -2.11. The normalized spacial score (nSPS) is 14.7. The molecule has 0 amide bonds. The molecular formula is C15H16FN5OS. The van der Waals surface area contributed by atoms with E-state index in [1.54, 1.807) is 12.1 Å². The number of morpholine rings is 1. The average Bonchev–Trinajstić information content (AvgIpc) is 2.98.